The van der Waals surface area contributed by atoms with E-state index in [0.29, 0.717) is 24.0 Å². The number of benzene rings is 2. The SMILES string of the molecule is CCOc1ccccc1C(=O)Nc1ccc(N2CCC(N3CCCC3C)C2)cc1.O=C(O)C(F)(F)F. The highest BCUT2D eigenvalue weighted by atomic mass is 19.4. The van der Waals surface area contributed by atoms with Crippen LogP contribution < -0.4 is 15.0 Å². The van der Waals surface area contributed by atoms with E-state index in [4.69, 9.17) is 14.6 Å². The molecule has 10 heteroatoms. The van der Waals surface area contributed by atoms with Gasteiger partial charge in [-0.2, -0.15) is 13.2 Å². The van der Waals surface area contributed by atoms with Crippen molar-refractivity contribution in [2.75, 3.05) is 36.5 Å². The molecule has 2 aromatic rings. The van der Waals surface area contributed by atoms with Gasteiger partial charge in [-0.3, -0.25) is 9.69 Å². The molecule has 2 heterocycles. The normalized spacial score (nSPS) is 20.0. The third-order valence-corrected chi connectivity index (χ3v) is 6.40. The second-order valence-electron chi connectivity index (χ2n) is 8.85. The fourth-order valence-electron chi connectivity index (χ4n) is 4.63. The summed E-state index contributed by atoms with van der Waals surface area (Å²) in [6.07, 6.45) is -1.19. The summed E-state index contributed by atoms with van der Waals surface area (Å²) < 4.78 is 37.3. The van der Waals surface area contributed by atoms with Crippen molar-refractivity contribution in [2.24, 2.45) is 0 Å². The maximum Gasteiger partial charge on any atom is 0.490 e. The van der Waals surface area contributed by atoms with Crippen molar-refractivity contribution in [3.05, 3.63) is 54.1 Å². The number of para-hydroxylation sites is 1. The third kappa shape index (κ3) is 7.13. The number of nitrogens with one attached hydrogen (secondary N) is 1. The lowest BCUT2D eigenvalue weighted by atomic mass is 10.1. The number of rotatable bonds is 6. The Kier molecular flexibility index (Phi) is 9.19. The molecule has 196 valence electrons. The molecule has 4 rings (SSSR count). The molecule has 2 atom stereocenters. The van der Waals surface area contributed by atoms with Crippen LogP contribution in [0.25, 0.3) is 0 Å². The number of carbonyl (C=O) groups excluding carboxylic acids is 1. The number of hydrogen-bond donors (Lipinski definition) is 2. The van der Waals surface area contributed by atoms with E-state index in [1.165, 1.54) is 31.5 Å². The van der Waals surface area contributed by atoms with E-state index in [-0.39, 0.29) is 5.91 Å². The van der Waals surface area contributed by atoms with Crippen molar-refractivity contribution in [1.82, 2.24) is 4.90 Å². The number of anilines is 2. The van der Waals surface area contributed by atoms with Crippen molar-refractivity contribution in [3.8, 4) is 5.75 Å². The van der Waals surface area contributed by atoms with Gasteiger partial charge in [0.25, 0.3) is 5.91 Å². The first kappa shape index (κ1) is 27.3. The second kappa shape index (κ2) is 12.1. The first-order chi connectivity index (χ1) is 17.1. The molecule has 2 N–H and O–H groups in total. The van der Waals surface area contributed by atoms with E-state index in [2.05, 4.69) is 34.2 Å². The molecule has 2 unspecified atom stereocenters. The molecule has 0 aliphatic carbocycles. The summed E-state index contributed by atoms with van der Waals surface area (Å²) in [5, 5.41) is 10.1. The molecular weight excluding hydrogens is 475 g/mol. The topological polar surface area (TPSA) is 82.1 Å². The predicted octanol–water partition coefficient (Wildman–Crippen LogP) is 5.03. The monoisotopic (exact) mass is 507 g/mol. The molecule has 2 saturated heterocycles. The molecule has 2 fully saturated rings. The fourth-order valence-corrected chi connectivity index (χ4v) is 4.63. The second-order valence-corrected chi connectivity index (χ2v) is 8.85. The van der Waals surface area contributed by atoms with E-state index in [9.17, 15) is 18.0 Å². The van der Waals surface area contributed by atoms with Gasteiger partial charge >= 0.3 is 12.1 Å². The van der Waals surface area contributed by atoms with Gasteiger partial charge in [0.05, 0.1) is 12.2 Å². The molecule has 2 aromatic carbocycles. The zero-order valence-electron chi connectivity index (χ0n) is 20.4. The Balaban J connectivity index is 0.000000454. The Bertz CT molecular complexity index is 1030. The number of aliphatic carboxylic acids is 1. The van der Waals surface area contributed by atoms with E-state index < -0.39 is 12.1 Å². The van der Waals surface area contributed by atoms with E-state index in [1.807, 2.05) is 37.3 Å². The van der Waals surface area contributed by atoms with Gasteiger partial charge in [-0.05, 0) is 76.1 Å². The van der Waals surface area contributed by atoms with Crippen molar-refractivity contribution < 1.29 is 32.6 Å². The zero-order valence-corrected chi connectivity index (χ0v) is 20.4. The number of halogens is 3. The van der Waals surface area contributed by atoms with Crippen molar-refractivity contribution in [1.29, 1.82) is 0 Å². The van der Waals surface area contributed by atoms with Gasteiger partial charge in [0.15, 0.2) is 0 Å². The number of hydrogen-bond acceptors (Lipinski definition) is 5. The summed E-state index contributed by atoms with van der Waals surface area (Å²) >= 11 is 0. The Hall–Kier alpha value is -3.27. The number of ether oxygens (including phenoxy) is 1. The molecule has 7 nitrogen and oxygen atoms in total. The fraction of sp³-hybridized carbons (Fsp3) is 0.462. The first-order valence-electron chi connectivity index (χ1n) is 12.0. The highest BCUT2D eigenvalue weighted by molar-refractivity contribution is 6.06. The van der Waals surface area contributed by atoms with Crippen LogP contribution in [0.4, 0.5) is 24.5 Å². The van der Waals surface area contributed by atoms with Crippen LogP contribution in [0.1, 0.15) is 43.5 Å². The molecule has 0 aromatic heterocycles. The van der Waals surface area contributed by atoms with Crippen LogP contribution in [0.3, 0.4) is 0 Å². The van der Waals surface area contributed by atoms with E-state index in [0.717, 1.165) is 24.8 Å². The minimum absolute atomic E-state index is 0.147. The number of likely N-dealkylation sites (tertiary alicyclic amines) is 1. The standard InChI is InChI=1S/C24H31N3O2.C2HF3O2/c1-3-29-23-9-5-4-8-22(23)24(28)25-19-10-12-20(13-11-19)26-16-14-21(17-26)27-15-6-7-18(27)2;3-2(4,5)1(6)7/h4-5,8-13,18,21H,3,6-7,14-17H2,1-2H3,(H,25,28);(H,6,7). The van der Waals surface area contributed by atoms with Crippen molar-refractivity contribution >= 4 is 23.3 Å². The van der Waals surface area contributed by atoms with Crippen LogP contribution >= 0.6 is 0 Å². The van der Waals surface area contributed by atoms with Crippen molar-refractivity contribution in [3.63, 3.8) is 0 Å². The summed E-state index contributed by atoms with van der Waals surface area (Å²) in [6, 6.07) is 16.9. The van der Waals surface area contributed by atoms with Crippen LogP contribution in [0.15, 0.2) is 48.5 Å². The number of amides is 1. The molecule has 0 radical (unpaired) electrons. The molecular formula is C26H32F3N3O4. The Labute approximate surface area is 208 Å². The molecule has 0 spiro atoms. The number of carboxylic acid groups (broad SMARTS) is 1. The molecule has 0 bridgehead atoms. The van der Waals surface area contributed by atoms with Gasteiger partial charge in [0.1, 0.15) is 5.75 Å². The Morgan fingerprint density at radius 2 is 1.75 bits per heavy atom. The van der Waals surface area contributed by atoms with Crippen LogP contribution in [-0.2, 0) is 4.79 Å². The zero-order chi connectivity index (χ0) is 26.3. The third-order valence-electron chi connectivity index (χ3n) is 6.40. The lowest BCUT2D eigenvalue weighted by molar-refractivity contribution is -0.192. The number of carboxylic acids is 1. The molecule has 1 amide bonds. The maximum absolute atomic E-state index is 12.7. The van der Waals surface area contributed by atoms with Gasteiger partial charge in [-0.1, -0.05) is 12.1 Å². The Morgan fingerprint density at radius 3 is 2.33 bits per heavy atom. The lowest BCUT2D eigenvalue weighted by Gasteiger charge is -2.28. The number of alkyl halides is 3. The summed E-state index contributed by atoms with van der Waals surface area (Å²) in [6.45, 7) is 8.25. The summed E-state index contributed by atoms with van der Waals surface area (Å²) in [5.74, 6) is -2.29. The average Bonchev–Trinajstić information content (AvgIpc) is 3.49. The van der Waals surface area contributed by atoms with E-state index in [1.54, 1.807) is 6.07 Å². The number of nitrogens with zero attached hydrogens (tertiary/aromatic N) is 2. The van der Waals surface area contributed by atoms with E-state index >= 15 is 0 Å². The number of carbonyl (C=O) groups is 2. The van der Waals surface area contributed by atoms with Crippen LogP contribution in [0.5, 0.6) is 5.75 Å². The lowest BCUT2D eigenvalue weighted by Crippen LogP contribution is -2.39. The summed E-state index contributed by atoms with van der Waals surface area (Å²) in [7, 11) is 0. The highest BCUT2D eigenvalue weighted by Crippen LogP contribution is 2.29. The molecule has 36 heavy (non-hydrogen) atoms. The maximum atomic E-state index is 12.7. The average molecular weight is 508 g/mol. The van der Waals surface area contributed by atoms with Gasteiger partial charge < -0.3 is 20.1 Å². The minimum Gasteiger partial charge on any atom is -0.493 e. The predicted molar refractivity (Wildman–Crippen MR) is 132 cm³/mol. The molecule has 2 aliphatic heterocycles. The van der Waals surface area contributed by atoms with Gasteiger partial charge in [0.2, 0.25) is 0 Å². The largest absolute Gasteiger partial charge is 0.493 e. The van der Waals surface area contributed by atoms with Crippen LogP contribution in [0, 0.1) is 0 Å². The van der Waals surface area contributed by atoms with Gasteiger partial charge in [0, 0.05) is 36.5 Å². The molecule has 2 aliphatic rings. The highest BCUT2D eigenvalue weighted by Gasteiger charge is 2.38. The minimum atomic E-state index is -5.08. The smallest absolute Gasteiger partial charge is 0.490 e. The quantitative estimate of drug-likeness (QED) is 0.571. The molecule has 0 saturated carbocycles. The van der Waals surface area contributed by atoms with Gasteiger partial charge in [-0.15, -0.1) is 0 Å². The van der Waals surface area contributed by atoms with Gasteiger partial charge in [-0.25, -0.2) is 4.79 Å². The summed E-state index contributed by atoms with van der Waals surface area (Å²) in [5.41, 5.74) is 2.58. The van der Waals surface area contributed by atoms with Crippen LogP contribution in [-0.4, -0.2) is 66.4 Å². The Morgan fingerprint density at radius 1 is 1.08 bits per heavy atom. The summed E-state index contributed by atoms with van der Waals surface area (Å²) in [4.78, 5) is 26.7. The van der Waals surface area contributed by atoms with Crippen LogP contribution in [0.2, 0.25) is 0 Å². The first-order valence-corrected chi connectivity index (χ1v) is 12.0. The van der Waals surface area contributed by atoms with Crippen molar-refractivity contribution in [2.45, 2.75) is 51.4 Å².